The Kier molecular flexibility index (Phi) is 17.5. The molecule has 25 heavy (non-hydrogen) atoms. The second-order valence-electron chi connectivity index (χ2n) is 7.48. The Hall–Kier alpha value is -0.770. The number of aliphatic hydroxyl groups excluding tert-OH is 1. The van der Waals surface area contributed by atoms with E-state index in [0.717, 1.165) is 13.0 Å². The van der Waals surface area contributed by atoms with Gasteiger partial charge in [-0.2, -0.15) is 0 Å². The molecule has 4 heteroatoms. The highest BCUT2D eigenvalue weighted by molar-refractivity contribution is 5.73. The van der Waals surface area contributed by atoms with Crippen LogP contribution in [0.3, 0.4) is 0 Å². The molecule has 1 N–H and O–H groups in total. The van der Waals surface area contributed by atoms with Gasteiger partial charge in [-0.3, -0.25) is 0 Å². The molecule has 0 aromatic rings. The van der Waals surface area contributed by atoms with Gasteiger partial charge in [0.15, 0.2) is 0 Å². The van der Waals surface area contributed by atoms with Crippen molar-refractivity contribution in [2.24, 2.45) is 0 Å². The first kappa shape index (κ1) is 24.2. The van der Waals surface area contributed by atoms with E-state index in [2.05, 4.69) is 6.92 Å². The number of hydrogen-bond acceptors (Lipinski definition) is 2. The third-order valence-electron chi connectivity index (χ3n) is 4.80. The number of unbranched alkanes of at least 4 members (excludes halogenated alkanes) is 13. The van der Waals surface area contributed by atoms with Crippen molar-refractivity contribution >= 4 is 6.03 Å². The Labute approximate surface area is 157 Å². The van der Waals surface area contributed by atoms with Crippen molar-refractivity contribution in [3.05, 3.63) is 0 Å². The Morgan fingerprint density at radius 2 is 1.08 bits per heavy atom. The molecule has 2 amide bonds. The van der Waals surface area contributed by atoms with Crippen molar-refractivity contribution in [1.82, 2.24) is 9.80 Å². The van der Waals surface area contributed by atoms with Crippen LogP contribution < -0.4 is 0 Å². The second kappa shape index (κ2) is 18.0. The van der Waals surface area contributed by atoms with Gasteiger partial charge in [0.2, 0.25) is 0 Å². The zero-order valence-electron chi connectivity index (χ0n) is 17.3. The minimum Gasteiger partial charge on any atom is -0.395 e. The molecule has 150 valence electrons. The molecule has 0 spiro atoms. The predicted molar refractivity (Wildman–Crippen MR) is 108 cm³/mol. The molecule has 0 saturated heterocycles. The molecule has 0 aliphatic carbocycles. The molecule has 0 heterocycles. The number of carbonyl (C=O) groups excluding carboxylic acids is 1. The maximum atomic E-state index is 11.9. The maximum Gasteiger partial charge on any atom is 0.319 e. The normalized spacial score (nSPS) is 10.9. The van der Waals surface area contributed by atoms with Crippen LogP contribution in [-0.2, 0) is 0 Å². The van der Waals surface area contributed by atoms with E-state index in [-0.39, 0.29) is 12.6 Å². The fraction of sp³-hybridized carbons (Fsp3) is 0.952. The topological polar surface area (TPSA) is 43.8 Å². The molecule has 4 nitrogen and oxygen atoms in total. The molecule has 0 aliphatic rings. The van der Waals surface area contributed by atoms with Crippen LogP contribution >= 0.6 is 0 Å². The van der Waals surface area contributed by atoms with Gasteiger partial charge in [0, 0.05) is 27.2 Å². The van der Waals surface area contributed by atoms with Gasteiger partial charge in [0.1, 0.15) is 0 Å². The van der Waals surface area contributed by atoms with Gasteiger partial charge >= 0.3 is 6.03 Å². The smallest absolute Gasteiger partial charge is 0.319 e. The summed E-state index contributed by atoms with van der Waals surface area (Å²) in [5, 5.41) is 9.07. The second-order valence-corrected chi connectivity index (χ2v) is 7.48. The number of carbonyl (C=O) groups is 1. The summed E-state index contributed by atoms with van der Waals surface area (Å²) in [5.41, 5.74) is 0. The van der Waals surface area contributed by atoms with E-state index in [9.17, 15) is 4.79 Å². The number of amides is 2. The lowest BCUT2D eigenvalue weighted by molar-refractivity contribution is 0.153. The summed E-state index contributed by atoms with van der Waals surface area (Å²) in [6, 6.07) is 0.00347. The summed E-state index contributed by atoms with van der Waals surface area (Å²) in [5.74, 6) is 0. The largest absolute Gasteiger partial charge is 0.395 e. The number of nitrogens with zero attached hydrogens (tertiary/aromatic N) is 2. The number of hydrogen-bond donors (Lipinski definition) is 1. The first-order valence-electron chi connectivity index (χ1n) is 10.7. The SMILES string of the molecule is CCCCCCCCCCCCCCCCN(CCO)C(=O)N(C)C. The molecule has 0 radical (unpaired) electrons. The Morgan fingerprint density at radius 1 is 0.680 bits per heavy atom. The summed E-state index contributed by atoms with van der Waals surface area (Å²) >= 11 is 0. The molecule has 0 atom stereocenters. The van der Waals surface area contributed by atoms with Crippen LogP contribution in [0.15, 0.2) is 0 Å². The van der Waals surface area contributed by atoms with Gasteiger partial charge in [-0.25, -0.2) is 4.79 Å². The molecule has 0 saturated carbocycles. The number of aliphatic hydroxyl groups is 1. The van der Waals surface area contributed by atoms with Gasteiger partial charge in [-0.1, -0.05) is 90.4 Å². The van der Waals surface area contributed by atoms with Crippen LogP contribution in [0.4, 0.5) is 4.79 Å². The van der Waals surface area contributed by atoms with Crippen LogP contribution in [-0.4, -0.2) is 54.7 Å². The van der Waals surface area contributed by atoms with Gasteiger partial charge in [-0.05, 0) is 6.42 Å². The molecular formula is C21H44N2O2. The summed E-state index contributed by atoms with van der Waals surface area (Å²) in [4.78, 5) is 15.3. The summed E-state index contributed by atoms with van der Waals surface area (Å²) < 4.78 is 0. The lowest BCUT2D eigenvalue weighted by Crippen LogP contribution is -2.41. The van der Waals surface area contributed by atoms with Gasteiger partial charge in [-0.15, -0.1) is 0 Å². The highest BCUT2D eigenvalue weighted by atomic mass is 16.3. The van der Waals surface area contributed by atoms with Crippen LogP contribution in [0, 0.1) is 0 Å². The standard InChI is InChI=1S/C21H44N2O2/c1-4-5-6-7-8-9-10-11-12-13-14-15-16-17-18-23(19-20-24)21(25)22(2)3/h24H,4-20H2,1-3H3. The monoisotopic (exact) mass is 356 g/mol. The number of rotatable bonds is 17. The van der Waals surface area contributed by atoms with Crippen LogP contribution in [0.2, 0.25) is 0 Å². The van der Waals surface area contributed by atoms with E-state index in [1.165, 1.54) is 83.5 Å². The van der Waals surface area contributed by atoms with E-state index in [4.69, 9.17) is 5.11 Å². The van der Waals surface area contributed by atoms with Crippen LogP contribution in [0.25, 0.3) is 0 Å². The van der Waals surface area contributed by atoms with Crippen molar-refractivity contribution in [3.63, 3.8) is 0 Å². The van der Waals surface area contributed by atoms with E-state index in [0.29, 0.717) is 6.54 Å². The minimum atomic E-state index is 0.00347. The fourth-order valence-corrected chi connectivity index (χ4v) is 3.20. The molecule has 0 bridgehead atoms. The van der Waals surface area contributed by atoms with Gasteiger partial charge in [0.05, 0.1) is 6.61 Å². The van der Waals surface area contributed by atoms with E-state index in [1.807, 2.05) is 0 Å². The Balaban J connectivity index is 3.38. The summed E-state index contributed by atoms with van der Waals surface area (Å²) in [6.07, 6.45) is 18.8. The molecule has 0 unspecified atom stereocenters. The fourth-order valence-electron chi connectivity index (χ4n) is 3.20. The average molecular weight is 357 g/mol. The van der Waals surface area contributed by atoms with Gasteiger partial charge < -0.3 is 14.9 Å². The first-order valence-corrected chi connectivity index (χ1v) is 10.7. The van der Waals surface area contributed by atoms with Crippen molar-refractivity contribution < 1.29 is 9.90 Å². The third kappa shape index (κ3) is 15.2. The van der Waals surface area contributed by atoms with Crippen molar-refractivity contribution in [2.75, 3.05) is 33.8 Å². The number of urea groups is 1. The molecule has 0 aliphatic heterocycles. The van der Waals surface area contributed by atoms with E-state index in [1.54, 1.807) is 23.9 Å². The lowest BCUT2D eigenvalue weighted by atomic mass is 10.0. The van der Waals surface area contributed by atoms with Gasteiger partial charge in [0.25, 0.3) is 0 Å². The van der Waals surface area contributed by atoms with Crippen LogP contribution in [0.1, 0.15) is 96.8 Å². The summed E-state index contributed by atoms with van der Waals surface area (Å²) in [6.45, 7) is 3.51. The van der Waals surface area contributed by atoms with Crippen LogP contribution in [0.5, 0.6) is 0 Å². The minimum absolute atomic E-state index is 0.00347. The highest BCUT2D eigenvalue weighted by Gasteiger charge is 2.13. The van der Waals surface area contributed by atoms with Crippen molar-refractivity contribution in [1.29, 1.82) is 0 Å². The van der Waals surface area contributed by atoms with Crippen molar-refractivity contribution in [3.8, 4) is 0 Å². The van der Waals surface area contributed by atoms with E-state index < -0.39 is 0 Å². The molecule has 0 fully saturated rings. The maximum absolute atomic E-state index is 11.9. The Bertz CT molecular complexity index is 296. The molecule has 0 aromatic carbocycles. The zero-order valence-corrected chi connectivity index (χ0v) is 17.3. The highest BCUT2D eigenvalue weighted by Crippen LogP contribution is 2.13. The molecule has 0 rings (SSSR count). The third-order valence-corrected chi connectivity index (χ3v) is 4.80. The first-order chi connectivity index (χ1) is 12.1. The van der Waals surface area contributed by atoms with Crippen molar-refractivity contribution in [2.45, 2.75) is 96.8 Å². The zero-order chi connectivity index (χ0) is 18.8. The average Bonchev–Trinajstić information content (AvgIpc) is 2.60. The quantitative estimate of drug-likeness (QED) is 0.352. The summed E-state index contributed by atoms with van der Waals surface area (Å²) in [7, 11) is 3.52. The Morgan fingerprint density at radius 3 is 1.44 bits per heavy atom. The van der Waals surface area contributed by atoms with E-state index >= 15 is 0 Å². The molecule has 0 aromatic heterocycles. The lowest BCUT2D eigenvalue weighted by Gasteiger charge is -2.25. The molecular weight excluding hydrogens is 312 g/mol. The predicted octanol–water partition coefficient (Wildman–Crippen LogP) is 5.44.